The van der Waals surface area contributed by atoms with Gasteiger partial charge in [0.25, 0.3) is 5.91 Å². The van der Waals surface area contributed by atoms with Crippen molar-refractivity contribution in [2.45, 2.75) is 26.7 Å². The minimum atomic E-state index is -0.195. The van der Waals surface area contributed by atoms with E-state index < -0.39 is 0 Å². The maximum atomic E-state index is 12.2. The molecule has 2 rings (SSSR count). The second kappa shape index (κ2) is 7.43. The normalized spacial score (nSPS) is 10.2. The number of amides is 1. The van der Waals surface area contributed by atoms with Crippen molar-refractivity contribution in [2.75, 3.05) is 17.2 Å². The monoisotopic (exact) mass is 283 g/mol. The fourth-order valence-electron chi connectivity index (χ4n) is 1.99. The fourth-order valence-corrected chi connectivity index (χ4v) is 1.99. The number of hydrogen-bond donors (Lipinski definition) is 2. The molecule has 2 aromatic rings. The number of pyridine rings is 1. The van der Waals surface area contributed by atoms with Crippen LogP contribution in [0.5, 0.6) is 0 Å². The number of nitrogens with one attached hydrogen (secondary N) is 2. The summed E-state index contributed by atoms with van der Waals surface area (Å²) < 4.78 is 0. The summed E-state index contributed by atoms with van der Waals surface area (Å²) in [6.07, 6.45) is 3.89. The zero-order chi connectivity index (χ0) is 15.1. The fraction of sp³-hybridized carbons (Fsp3) is 0.294. The number of unbranched alkanes of at least 4 members (excludes halogenated alkanes) is 1. The maximum Gasteiger partial charge on any atom is 0.274 e. The van der Waals surface area contributed by atoms with Crippen molar-refractivity contribution >= 4 is 17.3 Å². The predicted octanol–water partition coefficient (Wildman–Crippen LogP) is 3.85. The summed E-state index contributed by atoms with van der Waals surface area (Å²) >= 11 is 0. The number of benzene rings is 1. The molecule has 0 radical (unpaired) electrons. The lowest BCUT2D eigenvalue weighted by atomic mass is 10.2. The van der Waals surface area contributed by atoms with E-state index in [4.69, 9.17) is 0 Å². The molecule has 4 nitrogen and oxygen atoms in total. The van der Waals surface area contributed by atoms with Gasteiger partial charge in [0.1, 0.15) is 5.69 Å². The summed E-state index contributed by atoms with van der Waals surface area (Å²) in [5.74, 6) is -0.195. The van der Waals surface area contributed by atoms with E-state index in [0.717, 1.165) is 36.3 Å². The lowest BCUT2D eigenvalue weighted by Gasteiger charge is -2.08. The molecule has 0 unspecified atom stereocenters. The zero-order valence-corrected chi connectivity index (χ0v) is 12.5. The topological polar surface area (TPSA) is 54.0 Å². The molecule has 1 aromatic heterocycles. The van der Waals surface area contributed by atoms with Crippen LogP contribution in [0.15, 0.2) is 42.6 Å². The Kier molecular flexibility index (Phi) is 5.32. The highest BCUT2D eigenvalue weighted by atomic mass is 16.1. The third kappa shape index (κ3) is 4.60. The van der Waals surface area contributed by atoms with Gasteiger partial charge in [-0.2, -0.15) is 0 Å². The first-order chi connectivity index (χ1) is 10.2. The number of anilines is 2. The van der Waals surface area contributed by atoms with E-state index in [2.05, 4.69) is 22.5 Å². The maximum absolute atomic E-state index is 12.2. The Morgan fingerprint density at radius 1 is 1.19 bits per heavy atom. The summed E-state index contributed by atoms with van der Waals surface area (Å²) in [7, 11) is 0. The zero-order valence-electron chi connectivity index (χ0n) is 12.5. The van der Waals surface area contributed by atoms with Crippen LogP contribution in [0, 0.1) is 6.92 Å². The second-order valence-electron chi connectivity index (χ2n) is 5.03. The highest BCUT2D eigenvalue weighted by Crippen LogP contribution is 2.13. The first kappa shape index (κ1) is 15.0. The van der Waals surface area contributed by atoms with Crippen LogP contribution in [0.2, 0.25) is 0 Å². The summed E-state index contributed by atoms with van der Waals surface area (Å²) in [4.78, 5) is 16.3. The van der Waals surface area contributed by atoms with Crippen molar-refractivity contribution in [3.05, 3.63) is 53.9 Å². The number of nitrogens with zero attached hydrogens (tertiary/aromatic N) is 1. The highest BCUT2D eigenvalue weighted by Gasteiger charge is 2.08. The minimum Gasteiger partial charge on any atom is -0.385 e. The van der Waals surface area contributed by atoms with Crippen LogP contribution in [-0.2, 0) is 0 Å². The number of aryl methyl sites for hydroxylation is 1. The van der Waals surface area contributed by atoms with Gasteiger partial charge in [0, 0.05) is 24.1 Å². The van der Waals surface area contributed by atoms with E-state index >= 15 is 0 Å². The van der Waals surface area contributed by atoms with Crippen molar-refractivity contribution in [2.24, 2.45) is 0 Å². The van der Waals surface area contributed by atoms with Gasteiger partial charge in [-0.1, -0.05) is 25.5 Å². The number of carbonyl (C=O) groups excluding carboxylic acids is 1. The molecule has 0 atom stereocenters. The molecule has 0 aliphatic rings. The Morgan fingerprint density at radius 3 is 2.81 bits per heavy atom. The standard InChI is InChI=1S/C17H21N3O/c1-3-4-9-18-14-8-10-19-16(12-14)17(21)20-15-7-5-6-13(2)11-15/h5-8,10-12H,3-4,9H2,1-2H3,(H,18,19)(H,20,21). The van der Waals surface area contributed by atoms with Crippen LogP contribution in [0.3, 0.4) is 0 Å². The molecule has 1 heterocycles. The van der Waals surface area contributed by atoms with E-state index in [-0.39, 0.29) is 5.91 Å². The smallest absolute Gasteiger partial charge is 0.274 e. The molecule has 0 aliphatic carbocycles. The van der Waals surface area contributed by atoms with Crippen molar-refractivity contribution in [1.82, 2.24) is 4.98 Å². The van der Waals surface area contributed by atoms with Crippen molar-refractivity contribution < 1.29 is 4.79 Å². The SMILES string of the molecule is CCCCNc1ccnc(C(=O)Nc2cccc(C)c2)c1. The molecule has 0 bridgehead atoms. The molecule has 0 fully saturated rings. The Balaban J connectivity index is 2.03. The Labute approximate surface area is 125 Å². The van der Waals surface area contributed by atoms with Crippen LogP contribution >= 0.6 is 0 Å². The summed E-state index contributed by atoms with van der Waals surface area (Å²) in [6, 6.07) is 11.4. The highest BCUT2D eigenvalue weighted by molar-refractivity contribution is 6.03. The first-order valence-corrected chi connectivity index (χ1v) is 7.27. The molecule has 0 spiro atoms. The van der Waals surface area contributed by atoms with Gasteiger partial charge in [-0.05, 0) is 43.2 Å². The Bertz CT molecular complexity index is 610. The number of aromatic nitrogens is 1. The minimum absolute atomic E-state index is 0.195. The van der Waals surface area contributed by atoms with Crippen molar-refractivity contribution in [1.29, 1.82) is 0 Å². The summed E-state index contributed by atoms with van der Waals surface area (Å²) in [5.41, 5.74) is 3.23. The molecule has 21 heavy (non-hydrogen) atoms. The van der Waals surface area contributed by atoms with Gasteiger partial charge < -0.3 is 10.6 Å². The van der Waals surface area contributed by atoms with Crippen LogP contribution in [0.25, 0.3) is 0 Å². The van der Waals surface area contributed by atoms with E-state index in [1.807, 2.05) is 37.3 Å². The average molecular weight is 283 g/mol. The van der Waals surface area contributed by atoms with E-state index in [1.165, 1.54) is 0 Å². The van der Waals surface area contributed by atoms with Gasteiger partial charge in [0.05, 0.1) is 0 Å². The van der Waals surface area contributed by atoms with Crippen LogP contribution in [-0.4, -0.2) is 17.4 Å². The van der Waals surface area contributed by atoms with Gasteiger partial charge in [0.15, 0.2) is 0 Å². The molecule has 110 valence electrons. The molecule has 0 saturated carbocycles. The lowest BCUT2D eigenvalue weighted by Crippen LogP contribution is -2.14. The Morgan fingerprint density at radius 2 is 2.05 bits per heavy atom. The van der Waals surface area contributed by atoms with Crippen molar-refractivity contribution in [3.63, 3.8) is 0 Å². The summed E-state index contributed by atoms with van der Waals surface area (Å²) in [5, 5.41) is 6.16. The number of hydrogen-bond acceptors (Lipinski definition) is 3. The molecule has 1 amide bonds. The van der Waals surface area contributed by atoms with Crippen LogP contribution in [0.1, 0.15) is 35.8 Å². The lowest BCUT2D eigenvalue weighted by molar-refractivity contribution is 0.102. The number of rotatable bonds is 6. The van der Waals surface area contributed by atoms with Crippen molar-refractivity contribution in [3.8, 4) is 0 Å². The predicted molar refractivity (Wildman–Crippen MR) is 86.8 cm³/mol. The second-order valence-corrected chi connectivity index (χ2v) is 5.03. The molecule has 0 aliphatic heterocycles. The molecule has 4 heteroatoms. The van der Waals surface area contributed by atoms with E-state index in [0.29, 0.717) is 5.69 Å². The van der Waals surface area contributed by atoms with Gasteiger partial charge in [0.2, 0.25) is 0 Å². The third-order valence-corrected chi connectivity index (χ3v) is 3.13. The first-order valence-electron chi connectivity index (χ1n) is 7.27. The van der Waals surface area contributed by atoms with Crippen LogP contribution in [0.4, 0.5) is 11.4 Å². The average Bonchev–Trinajstić information content (AvgIpc) is 2.48. The van der Waals surface area contributed by atoms with Crippen LogP contribution < -0.4 is 10.6 Å². The van der Waals surface area contributed by atoms with E-state index in [1.54, 1.807) is 12.3 Å². The molecule has 2 N–H and O–H groups in total. The largest absolute Gasteiger partial charge is 0.385 e. The molecular weight excluding hydrogens is 262 g/mol. The molecular formula is C17H21N3O. The summed E-state index contributed by atoms with van der Waals surface area (Å²) in [6.45, 7) is 5.04. The van der Waals surface area contributed by atoms with Gasteiger partial charge in [-0.15, -0.1) is 0 Å². The number of carbonyl (C=O) groups is 1. The molecule has 0 saturated heterocycles. The van der Waals surface area contributed by atoms with Gasteiger partial charge in [-0.25, -0.2) is 0 Å². The van der Waals surface area contributed by atoms with Gasteiger partial charge in [-0.3, -0.25) is 9.78 Å². The Hall–Kier alpha value is -2.36. The molecule has 1 aromatic carbocycles. The quantitative estimate of drug-likeness (QED) is 0.792. The van der Waals surface area contributed by atoms with Gasteiger partial charge >= 0.3 is 0 Å². The van der Waals surface area contributed by atoms with E-state index in [9.17, 15) is 4.79 Å². The third-order valence-electron chi connectivity index (χ3n) is 3.13.